The Morgan fingerprint density at radius 2 is 1.74 bits per heavy atom. The first kappa shape index (κ1) is 27.9. The number of nitrogens with two attached hydrogens (primary N) is 1. The summed E-state index contributed by atoms with van der Waals surface area (Å²) < 4.78 is 47.3. The summed E-state index contributed by atoms with van der Waals surface area (Å²) in [6.45, 7) is 1.95. The first-order valence-electron chi connectivity index (χ1n) is 13.2. The van der Waals surface area contributed by atoms with Crippen LogP contribution in [-0.4, -0.2) is 49.6 Å². The number of H-pyrrole nitrogens is 1. The van der Waals surface area contributed by atoms with Crippen molar-refractivity contribution in [2.45, 2.75) is 6.92 Å². The van der Waals surface area contributed by atoms with Crippen molar-refractivity contribution >= 4 is 49.4 Å². The third-order valence-corrected chi connectivity index (χ3v) is 8.51. The minimum Gasteiger partial charge on any atom is -0.455 e. The molecule has 3 heterocycles. The van der Waals surface area contributed by atoms with Gasteiger partial charge in [-0.05, 0) is 37.3 Å². The van der Waals surface area contributed by atoms with Gasteiger partial charge in [-0.1, -0.05) is 35.9 Å². The largest absolute Gasteiger partial charge is 0.455 e. The monoisotopic (exact) mass is 598 g/mol. The van der Waals surface area contributed by atoms with Gasteiger partial charge < -0.3 is 20.5 Å². The van der Waals surface area contributed by atoms with Gasteiger partial charge in [-0.3, -0.25) is 9.10 Å². The maximum atomic E-state index is 14.4. The van der Waals surface area contributed by atoms with E-state index in [9.17, 15) is 17.6 Å². The summed E-state index contributed by atoms with van der Waals surface area (Å²) in [5.74, 6) is -0.524. The molecule has 3 aromatic carbocycles. The number of sulfonamides is 1. The highest BCUT2D eigenvalue weighted by molar-refractivity contribution is 7.92. The van der Waals surface area contributed by atoms with Gasteiger partial charge in [-0.25, -0.2) is 22.8 Å². The zero-order chi connectivity index (χ0) is 30.6. The molecule has 0 fully saturated rings. The summed E-state index contributed by atoms with van der Waals surface area (Å²) in [7, 11) is -0.808. The molecule has 0 saturated carbocycles. The molecule has 12 heteroatoms. The molecule has 1 amide bonds. The lowest BCUT2D eigenvalue weighted by Crippen LogP contribution is -2.25. The molecule has 10 nitrogen and oxygen atoms in total. The Morgan fingerprint density at radius 3 is 2.42 bits per heavy atom. The Balaban J connectivity index is 1.63. The molecule has 4 N–H and O–H groups in total. The molecule has 0 spiro atoms. The van der Waals surface area contributed by atoms with Gasteiger partial charge in [0.15, 0.2) is 0 Å². The van der Waals surface area contributed by atoms with Crippen molar-refractivity contribution < 1.29 is 22.0 Å². The van der Waals surface area contributed by atoms with Crippen LogP contribution in [0.25, 0.3) is 55.8 Å². The maximum Gasteiger partial charge on any atom is 0.255 e. The molecular formula is C31H27FN6O4S. The number of amides is 1. The molecule has 0 atom stereocenters. The maximum absolute atomic E-state index is 14.4. The van der Waals surface area contributed by atoms with E-state index in [1.165, 1.54) is 20.2 Å². The lowest BCUT2D eigenvalue weighted by atomic mass is 10.00. The number of hydrogen-bond donors (Lipinski definition) is 3. The fraction of sp³-hybridized carbons (Fsp3) is 0.129. The third-order valence-electron chi connectivity index (χ3n) is 7.32. The van der Waals surface area contributed by atoms with E-state index in [0.29, 0.717) is 50.1 Å². The minimum absolute atomic E-state index is 0.0845. The van der Waals surface area contributed by atoms with Crippen LogP contribution in [0.3, 0.4) is 0 Å². The van der Waals surface area contributed by atoms with E-state index in [2.05, 4.69) is 20.3 Å². The molecule has 6 rings (SSSR count). The van der Waals surface area contributed by atoms with E-state index in [1.54, 1.807) is 36.4 Å². The van der Waals surface area contributed by atoms with Gasteiger partial charge in [-0.15, -0.1) is 0 Å². The van der Waals surface area contributed by atoms with Crippen LogP contribution in [0.2, 0.25) is 0 Å². The average molecular weight is 599 g/mol. The van der Waals surface area contributed by atoms with Gasteiger partial charge in [-0.2, -0.15) is 0 Å². The van der Waals surface area contributed by atoms with Gasteiger partial charge in [0, 0.05) is 47.6 Å². The molecule has 0 aliphatic rings. The highest BCUT2D eigenvalue weighted by Crippen LogP contribution is 2.41. The first-order chi connectivity index (χ1) is 20.4. The molecule has 0 aliphatic heterocycles. The number of carbonyl (C=O) groups is 1. The second-order valence-electron chi connectivity index (χ2n) is 10.2. The number of nitrogen functional groups attached to an aromatic ring is 1. The van der Waals surface area contributed by atoms with Crippen LogP contribution in [0.15, 0.2) is 71.1 Å². The second-order valence-corrected chi connectivity index (χ2v) is 12.2. The molecule has 0 saturated heterocycles. The fourth-order valence-corrected chi connectivity index (χ4v) is 5.54. The number of aromatic amines is 1. The Hall–Kier alpha value is -5.23. The Kier molecular flexibility index (Phi) is 6.65. The van der Waals surface area contributed by atoms with Crippen LogP contribution in [-0.2, 0) is 10.0 Å². The molecule has 3 aromatic heterocycles. The van der Waals surface area contributed by atoms with Crippen LogP contribution in [0.5, 0.6) is 0 Å². The number of fused-ring (bicyclic) bond motifs is 2. The zero-order valence-electron chi connectivity index (χ0n) is 23.7. The van der Waals surface area contributed by atoms with Crippen molar-refractivity contribution in [1.29, 1.82) is 0 Å². The number of benzene rings is 3. The Morgan fingerprint density at radius 1 is 1.02 bits per heavy atom. The molecule has 6 aromatic rings. The predicted octanol–water partition coefficient (Wildman–Crippen LogP) is 5.49. The number of aryl methyl sites for hydroxylation is 1. The van der Waals surface area contributed by atoms with Crippen LogP contribution in [0.4, 0.5) is 16.0 Å². The summed E-state index contributed by atoms with van der Waals surface area (Å²) in [6.07, 6.45) is 1.08. The van der Waals surface area contributed by atoms with Gasteiger partial charge in [0.05, 0.1) is 34.6 Å². The van der Waals surface area contributed by atoms with Crippen molar-refractivity contribution in [3.05, 3.63) is 83.7 Å². The van der Waals surface area contributed by atoms with Crippen LogP contribution in [0.1, 0.15) is 15.9 Å². The van der Waals surface area contributed by atoms with E-state index < -0.39 is 15.8 Å². The van der Waals surface area contributed by atoms with E-state index in [0.717, 1.165) is 16.1 Å². The predicted molar refractivity (Wildman–Crippen MR) is 166 cm³/mol. The molecule has 0 bridgehead atoms. The molecule has 0 radical (unpaired) electrons. The van der Waals surface area contributed by atoms with Crippen LogP contribution >= 0.6 is 0 Å². The number of furan rings is 1. The van der Waals surface area contributed by atoms with Crippen molar-refractivity contribution in [2.24, 2.45) is 0 Å². The van der Waals surface area contributed by atoms with E-state index in [1.807, 2.05) is 31.2 Å². The summed E-state index contributed by atoms with van der Waals surface area (Å²) >= 11 is 0. The fourth-order valence-electron chi connectivity index (χ4n) is 5.03. The zero-order valence-corrected chi connectivity index (χ0v) is 24.5. The number of carbonyl (C=O) groups excluding carboxylic acids is 1. The smallest absolute Gasteiger partial charge is 0.255 e. The SMILES string of the molecule is CNC(=O)c1c(-c2ccc(C)cc2)oc2cc(N(C)S(C)(=O)=O)c(-c3cc(-c4cc5c(F)cccc5[nH]4)nc(N)n3)cc12. The summed E-state index contributed by atoms with van der Waals surface area (Å²) in [6, 6.07) is 18.7. The van der Waals surface area contributed by atoms with Crippen LogP contribution in [0, 0.1) is 12.7 Å². The quantitative estimate of drug-likeness (QED) is 0.230. The number of halogens is 1. The summed E-state index contributed by atoms with van der Waals surface area (Å²) in [5.41, 5.74) is 10.8. The van der Waals surface area contributed by atoms with Crippen molar-refractivity contribution in [2.75, 3.05) is 30.4 Å². The van der Waals surface area contributed by atoms with Gasteiger partial charge in [0.1, 0.15) is 17.2 Å². The molecule has 218 valence electrons. The number of nitrogens with zero attached hydrogens (tertiary/aromatic N) is 3. The molecular weight excluding hydrogens is 571 g/mol. The second kappa shape index (κ2) is 10.2. The Bertz CT molecular complexity index is 2170. The number of anilines is 2. The van der Waals surface area contributed by atoms with Gasteiger partial charge >= 0.3 is 0 Å². The van der Waals surface area contributed by atoms with E-state index >= 15 is 0 Å². The topological polar surface area (TPSA) is 147 Å². The lowest BCUT2D eigenvalue weighted by molar-refractivity contribution is 0.0964. The van der Waals surface area contributed by atoms with Gasteiger partial charge in [0.2, 0.25) is 16.0 Å². The number of hydrogen-bond acceptors (Lipinski definition) is 7. The highest BCUT2D eigenvalue weighted by Gasteiger charge is 2.26. The number of rotatable bonds is 6. The first-order valence-corrected chi connectivity index (χ1v) is 15.1. The van der Waals surface area contributed by atoms with Crippen molar-refractivity contribution in [3.63, 3.8) is 0 Å². The normalized spacial score (nSPS) is 11.7. The van der Waals surface area contributed by atoms with Crippen molar-refractivity contribution in [3.8, 4) is 34.0 Å². The standard InChI is InChI=1S/C31H27FN6O4S/c1-16-8-10-17(11-9-16)29-28(30(39)34-2)20-12-19(26(15-27(20)42-29)38(3)43(4,40)41)23-14-25(37-31(33)36-23)24-13-18-21(32)6-5-7-22(18)35-24/h5-15,35H,1-4H3,(H,34,39)(H2,33,36,37). The van der Waals surface area contributed by atoms with E-state index in [-0.39, 0.29) is 28.8 Å². The Labute approximate surface area is 246 Å². The molecule has 43 heavy (non-hydrogen) atoms. The van der Waals surface area contributed by atoms with E-state index in [4.69, 9.17) is 10.2 Å². The minimum atomic E-state index is -3.74. The number of aromatic nitrogens is 3. The molecule has 0 aliphatic carbocycles. The van der Waals surface area contributed by atoms with Crippen molar-refractivity contribution in [1.82, 2.24) is 20.3 Å². The van der Waals surface area contributed by atoms with Gasteiger partial charge in [0.25, 0.3) is 5.91 Å². The highest BCUT2D eigenvalue weighted by atomic mass is 32.2. The average Bonchev–Trinajstić information content (AvgIpc) is 3.58. The van der Waals surface area contributed by atoms with Crippen LogP contribution < -0.4 is 15.4 Å². The number of nitrogens with one attached hydrogen (secondary N) is 2. The lowest BCUT2D eigenvalue weighted by Gasteiger charge is -2.20. The summed E-state index contributed by atoms with van der Waals surface area (Å²) in [5, 5.41) is 3.50. The molecule has 0 unspecified atom stereocenters. The third kappa shape index (κ3) is 4.95. The summed E-state index contributed by atoms with van der Waals surface area (Å²) in [4.78, 5) is 25.1.